The van der Waals surface area contributed by atoms with Crippen LogP contribution in [0.4, 0.5) is 4.79 Å². The standard InChI is InChI=1S/C32H56N6O7/c1-10-12-13-21(25(39)28(41)34-14-11-2)35-27(40)24-23-20(32(23,8)9)18-38(24)29(42)26(31(5,6)7)37-30(43)36-22(19(3)4)17-33-15-16-45-44/h11,19-24,26,33,44H,2,10,12-18H2,1,3-9H3,(H,34,41)(H,35,40)(H2,36,37,43)/t20?,21?,22-,23+,24+,26-/m1/s1. The summed E-state index contributed by atoms with van der Waals surface area (Å²) in [5, 5.41) is 22.8. The lowest BCUT2D eigenvalue weighted by Gasteiger charge is -2.38. The zero-order valence-electron chi connectivity index (χ0n) is 28.3. The van der Waals surface area contributed by atoms with E-state index in [2.05, 4.69) is 51.9 Å². The van der Waals surface area contributed by atoms with Crippen molar-refractivity contribution in [2.45, 2.75) is 98.8 Å². The van der Waals surface area contributed by atoms with E-state index in [9.17, 15) is 24.0 Å². The molecule has 5 amide bonds. The number of carbonyl (C=O) groups is 5. The minimum Gasteiger partial charge on any atom is -0.346 e. The minimum absolute atomic E-state index is 0.0744. The number of likely N-dealkylation sites (tertiary alicyclic amines) is 1. The van der Waals surface area contributed by atoms with Crippen LogP contribution in [0.3, 0.4) is 0 Å². The number of Topliss-reactive ketones (excluding diaryl/α,β-unsaturated/α-hetero) is 1. The Morgan fingerprint density at radius 1 is 1.11 bits per heavy atom. The second-order valence-electron chi connectivity index (χ2n) is 14.3. The predicted molar refractivity (Wildman–Crippen MR) is 171 cm³/mol. The van der Waals surface area contributed by atoms with Gasteiger partial charge in [-0.1, -0.05) is 74.3 Å². The zero-order chi connectivity index (χ0) is 34.1. The first-order chi connectivity index (χ1) is 21.0. The van der Waals surface area contributed by atoms with Crippen molar-refractivity contribution in [3.8, 4) is 0 Å². The third-order valence-corrected chi connectivity index (χ3v) is 9.11. The Morgan fingerprint density at radius 3 is 2.33 bits per heavy atom. The first-order valence-corrected chi connectivity index (χ1v) is 16.1. The molecule has 256 valence electrons. The van der Waals surface area contributed by atoms with Gasteiger partial charge in [-0.05, 0) is 35.0 Å². The highest BCUT2D eigenvalue weighted by atomic mass is 17.1. The lowest BCUT2D eigenvalue weighted by molar-refractivity contribution is -0.240. The maximum atomic E-state index is 14.2. The Labute approximate surface area is 268 Å². The largest absolute Gasteiger partial charge is 0.346 e. The zero-order valence-corrected chi connectivity index (χ0v) is 28.3. The molecule has 6 atom stereocenters. The number of amides is 5. The highest BCUT2D eigenvalue weighted by molar-refractivity contribution is 6.38. The summed E-state index contributed by atoms with van der Waals surface area (Å²) in [4.78, 5) is 72.5. The Kier molecular flexibility index (Phi) is 14.0. The van der Waals surface area contributed by atoms with Gasteiger partial charge in [0.25, 0.3) is 5.91 Å². The number of nitrogens with one attached hydrogen (secondary N) is 5. The van der Waals surface area contributed by atoms with E-state index < -0.39 is 47.2 Å². The molecular formula is C32H56N6O7. The van der Waals surface area contributed by atoms with Gasteiger partial charge in [0.2, 0.25) is 17.6 Å². The van der Waals surface area contributed by atoms with Crippen molar-refractivity contribution in [1.82, 2.24) is 31.5 Å². The summed E-state index contributed by atoms with van der Waals surface area (Å²) in [7, 11) is 0. The van der Waals surface area contributed by atoms with E-state index in [-0.39, 0.29) is 48.3 Å². The van der Waals surface area contributed by atoms with Crippen molar-refractivity contribution in [2.24, 2.45) is 28.6 Å². The number of hydrogen-bond acceptors (Lipinski definition) is 8. The number of unbranched alkanes of at least 4 members (excludes halogenated alkanes) is 1. The highest BCUT2D eigenvalue weighted by Gasteiger charge is 2.69. The molecular weight excluding hydrogens is 580 g/mol. The number of rotatable bonds is 18. The number of ketones is 1. The van der Waals surface area contributed by atoms with Crippen LogP contribution in [-0.2, 0) is 24.1 Å². The van der Waals surface area contributed by atoms with Crippen molar-refractivity contribution < 1.29 is 34.1 Å². The van der Waals surface area contributed by atoms with Crippen LogP contribution in [0.25, 0.3) is 0 Å². The van der Waals surface area contributed by atoms with Crippen LogP contribution in [0.5, 0.6) is 0 Å². The number of fused-ring (bicyclic) bond motifs is 1. The molecule has 0 radical (unpaired) electrons. The molecule has 2 aliphatic rings. The molecule has 45 heavy (non-hydrogen) atoms. The first-order valence-electron chi connectivity index (χ1n) is 16.1. The normalized spacial score (nSPS) is 22.1. The van der Waals surface area contributed by atoms with E-state index in [4.69, 9.17) is 5.26 Å². The van der Waals surface area contributed by atoms with Gasteiger partial charge < -0.3 is 31.5 Å². The van der Waals surface area contributed by atoms with Crippen molar-refractivity contribution in [3.63, 3.8) is 0 Å². The SMILES string of the molecule is C=CCNC(=O)C(=O)C(CCCC)NC(=O)[C@@H]1[C@@H]2C(CN1C(=O)[C@@H](NC(=O)N[C@H](CNCCOO)C(C)C)C(C)(C)C)C2(C)C. The molecule has 1 saturated heterocycles. The number of hydrogen-bond donors (Lipinski definition) is 6. The van der Waals surface area contributed by atoms with Gasteiger partial charge in [0.05, 0.1) is 12.6 Å². The maximum Gasteiger partial charge on any atom is 0.315 e. The second-order valence-corrected chi connectivity index (χ2v) is 14.3. The lowest BCUT2D eigenvalue weighted by atomic mass is 9.85. The monoisotopic (exact) mass is 636 g/mol. The van der Waals surface area contributed by atoms with Crippen LogP contribution < -0.4 is 26.6 Å². The van der Waals surface area contributed by atoms with Crippen LogP contribution in [-0.4, -0.2) is 96.6 Å². The maximum absolute atomic E-state index is 14.2. The van der Waals surface area contributed by atoms with Crippen LogP contribution in [0, 0.1) is 28.6 Å². The first kappa shape index (κ1) is 38.2. The Balaban J connectivity index is 2.26. The molecule has 13 heteroatoms. The number of piperidine rings is 1. The van der Waals surface area contributed by atoms with Gasteiger partial charge in [0.1, 0.15) is 12.1 Å². The smallest absolute Gasteiger partial charge is 0.315 e. The average Bonchev–Trinajstić information content (AvgIpc) is 3.28. The Morgan fingerprint density at radius 2 is 1.78 bits per heavy atom. The van der Waals surface area contributed by atoms with Gasteiger partial charge >= 0.3 is 6.03 Å². The molecule has 1 heterocycles. The Bertz CT molecular complexity index is 1070. The summed E-state index contributed by atoms with van der Waals surface area (Å²) in [5.74, 6) is -2.32. The quantitative estimate of drug-likeness (QED) is 0.0434. The third-order valence-electron chi connectivity index (χ3n) is 9.11. The molecule has 2 rings (SSSR count). The number of urea groups is 1. The van der Waals surface area contributed by atoms with Gasteiger partial charge in [0, 0.05) is 32.2 Å². The van der Waals surface area contributed by atoms with E-state index in [1.807, 2.05) is 41.5 Å². The lowest BCUT2D eigenvalue weighted by Crippen LogP contribution is -2.62. The fourth-order valence-electron chi connectivity index (χ4n) is 6.14. The molecule has 2 fully saturated rings. The van der Waals surface area contributed by atoms with Crippen LogP contribution in [0.2, 0.25) is 0 Å². The van der Waals surface area contributed by atoms with Crippen molar-refractivity contribution in [2.75, 3.05) is 32.8 Å². The molecule has 0 aromatic carbocycles. The molecule has 0 spiro atoms. The van der Waals surface area contributed by atoms with Gasteiger partial charge in [-0.3, -0.25) is 24.4 Å². The van der Waals surface area contributed by atoms with Crippen molar-refractivity contribution >= 4 is 29.5 Å². The molecule has 6 N–H and O–H groups in total. The van der Waals surface area contributed by atoms with Gasteiger partial charge in [-0.15, -0.1) is 6.58 Å². The summed E-state index contributed by atoms with van der Waals surface area (Å²) in [6.45, 7) is 20.5. The van der Waals surface area contributed by atoms with E-state index in [1.165, 1.54) is 6.08 Å². The van der Waals surface area contributed by atoms with Gasteiger partial charge in [-0.2, -0.15) is 0 Å². The van der Waals surface area contributed by atoms with Gasteiger partial charge in [-0.25, -0.2) is 9.68 Å². The van der Waals surface area contributed by atoms with Crippen LogP contribution in [0.15, 0.2) is 12.7 Å². The van der Waals surface area contributed by atoms with E-state index in [0.29, 0.717) is 32.5 Å². The second kappa shape index (κ2) is 16.5. The van der Waals surface area contributed by atoms with Gasteiger partial charge in [0.15, 0.2) is 0 Å². The average molecular weight is 637 g/mol. The van der Waals surface area contributed by atoms with E-state index in [1.54, 1.807) is 4.90 Å². The summed E-state index contributed by atoms with van der Waals surface area (Å²) >= 11 is 0. The molecule has 13 nitrogen and oxygen atoms in total. The molecule has 1 aliphatic carbocycles. The fourth-order valence-corrected chi connectivity index (χ4v) is 6.14. The van der Waals surface area contributed by atoms with Crippen molar-refractivity contribution in [1.29, 1.82) is 0 Å². The highest BCUT2D eigenvalue weighted by Crippen LogP contribution is 2.65. The molecule has 0 aromatic rings. The summed E-state index contributed by atoms with van der Waals surface area (Å²) in [6, 6.07) is -3.59. The molecule has 0 aromatic heterocycles. The van der Waals surface area contributed by atoms with E-state index in [0.717, 1.165) is 6.42 Å². The third kappa shape index (κ3) is 9.98. The summed E-state index contributed by atoms with van der Waals surface area (Å²) < 4.78 is 0. The summed E-state index contributed by atoms with van der Waals surface area (Å²) in [5.41, 5.74) is -0.867. The van der Waals surface area contributed by atoms with Crippen LogP contribution >= 0.6 is 0 Å². The summed E-state index contributed by atoms with van der Waals surface area (Å²) in [6.07, 6.45) is 3.16. The minimum atomic E-state index is -1.02. The van der Waals surface area contributed by atoms with Crippen LogP contribution in [0.1, 0.15) is 74.7 Å². The van der Waals surface area contributed by atoms with Crippen molar-refractivity contribution in [3.05, 3.63) is 12.7 Å². The predicted octanol–water partition coefficient (Wildman–Crippen LogP) is 1.83. The Hall–Kier alpha value is -3.03. The molecule has 1 aliphatic heterocycles. The fraction of sp³-hybridized carbons (Fsp3) is 0.781. The molecule has 1 saturated carbocycles. The molecule has 2 unspecified atom stereocenters. The molecule has 0 bridgehead atoms. The number of carbonyl (C=O) groups excluding carboxylic acids is 5. The number of nitrogens with zero attached hydrogens (tertiary/aromatic N) is 1. The van der Waals surface area contributed by atoms with E-state index >= 15 is 0 Å². The topological polar surface area (TPSA) is 178 Å².